The van der Waals surface area contributed by atoms with Gasteiger partial charge in [0.2, 0.25) is 0 Å². The number of hydrogen-bond acceptors (Lipinski definition) is 5. The Morgan fingerprint density at radius 3 is 2.44 bits per heavy atom. The summed E-state index contributed by atoms with van der Waals surface area (Å²) in [5.74, 6) is 0.304. The number of aromatic nitrogens is 2. The molecule has 0 bridgehead atoms. The number of nitriles is 1. The molecule has 6 heteroatoms. The van der Waals surface area contributed by atoms with Crippen LogP contribution in [0.3, 0.4) is 0 Å². The Kier molecular flexibility index (Phi) is 5.75. The average Bonchev–Trinajstić information content (AvgIpc) is 2.73. The van der Waals surface area contributed by atoms with Crippen LogP contribution in [0, 0.1) is 11.3 Å². The van der Waals surface area contributed by atoms with Gasteiger partial charge < -0.3 is 10.2 Å². The minimum Gasteiger partial charge on any atom is -0.338 e. The Hall–Kier alpha value is -3.72. The van der Waals surface area contributed by atoms with Crippen molar-refractivity contribution < 1.29 is 4.79 Å². The topological polar surface area (TPSA) is 81.9 Å². The van der Waals surface area contributed by atoms with Gasteiger partial charge in [0.15, 0.2) is 11.5 Å². The fourth-order valence-electron chi connectivity index (χ4n) is 2.63. The quantitative estimate of drug-likeness (QED) is 0.726. The van der Waals surface area contributed by atoms with Gasteiger partial charge >= 0.3 is 0 Å². The van der Waals surface area contributed by atoms with E-state index in [0.717, 1.165) is 5.56 Å². The number of nitrogens with zero attached hydrogens (tertiary/aromatic N) is 4. The number of rotatable bonds is 6. The molecule has 1 heterocycles. The molecule has 0 saturated heterocycles. The third kappa shape index (κ3) is 4.47. The molecule has 0 radical (unpaired) electrons. The van der Waals surface area contributed by atoms with E-state index < -0.39 is 0 Å². The molecular formula is C21H19N5O. The summed E-state index contributed by atoms with van der Waals surface area (Å²) in [6.07, 6.45) is 0. The number of hydrogen-bond donors (Lipinski definition) is 1. The first kappa shape index (κ1) is 18.1. The lowest BCUT2D eigenvalue weighted by molar-refractivity contribution is 0.0745. The number of carbonyl (C=O) groups excluding carboxylic acids is 1. The van der Waals surface area contributed by atoms with E-state index in [1.165, 1.54) is 0 Å². The molecule has 2 aromatic carbocycles. The largest absolute Gasteiger partial charge is 0.338 e. The van der Waals surface area contributed by atoms with Gasteiger partial charge in [-0.25, -0.2) is 0 Å². The molecule has 0 unspecified atom stereocenters. The maximum atomic E-state index is 12.7. The molecule has 1 amide bonds. The molecule has 134 valence electrons. The summed E-state index contributed by atoms with van der Waals surface area (Å²) in [7, 11) is 0. The van der Waals surface area contributed by atoms with Gasteiger partial charge in [-0.1, -0.05) is 42.5 Å². The number of para-hydroxylation sites is 1. The van der Waals surface area contributed by atoms with Gasteiger partial charge in [0.1, 0.15) is 6.07 Å². The lowest BCUT2D eigenvalue weighted by Gasteiger charge is -2.20. The molecule has 0 aliphatic rings. The van der Waals surface area contributed by atoms with Crippen LogP contribution < -0.4 is 5.32 Å². The molecule has 0 saturated carbocycles. The van der Waals surface area contributed by atoms with Crippen LogP contribution in [-0.2, 0) is 6.54 Å². The summed E-state index contributed by atoms with van der Waals surface area (Å²) in [6.45, 7) is 3.03. The summed E-state index contributed by atoms with van der Waals surface area (Å²) in [5, 5.41) is 20.3. The van der Waals surface area contributed by atoms with Gasteiger partial charge in [0, 0.05) is 13.1 Å². The lowest BCUT2D eigenvalue weighted by atomic mass is 10.2. The van der Waals surface area contributed by atoms with E-state index in [0.29, 0.717) is 30.2 Å². The number of benzene rings is 2. The monoisotopic (exact) mass is 357 g/mol. The second-order valence-electron chi connectivity index (χ2n) is 5.89. The van der Waals surface area contributed by atoms with Crippen LogP contribution in [0.25, 0.3) is 0 Å². The van der Waals surface area contributed by atoms with Crippen LogP contribution in [0.4, 0.5) is 11.5 Å². The highest BCUT2D eigenvalue weighted by Crippen LogP contribution is 2.18. The van der Waals surface area contributed by atoms with Crippen LogP contribution in [-0.4, -0.2) is 27.5 Å². The second kappa shape index (κ2) is 8.59. The van der Waals surface area contributed by atoms with Crippen LogP contribution in [0.15, 0.2) is 66.7 Å². The highest BCUT2D eigenvalue weighted by atomic mass is 16.2. The standard InChI is InChI=1S/C21H19N5O/c1-2-26(15-16-8-4-3-5-9-16)21(27)19-12-13-20(25-24-19)23-18-11-7-6-10-17(18)14-22/h3-13H,2,15H2,1H3,(H,23,25). The van der Waals surface area contributed by atoms with Crippen molar-refractivity contribution >= 4 is 17.4 Å². The Morgan fingerprint density at radius 2 is 1.78 bits per heavy atom. The summed E-state index contributed by atoms with van der Waals surface area (Å²) < 4.78 is 0. The minimum atomic E-state index is -0.169. The molecule has 0 aliphatic carbocycles. The fourth-order valence-corrected chi connectivity index (χ4v) is 2.63. The smallest absolute Gasteiger partial charge is 0.274 e. The number of carbonyl (C=O) groups is 1. The van der Waals surface area contributed by atoms with Crippen molar-refractivity contribution in [2.24, 2.45) is 0 Å². The Morgan fingerprint density at radius 1 is 1.04 bits per heavy atom. The third-order valence-electron chi connectivity index (χ3n) is 4.08. The zero-order valence-corrected chi connectivity index (χ0v) is 15.0. The van der Waals surface area contributed by atoms with Crippen molar-refractivity contribution in [3.05, 3.63) is 83.6 Å². The van der Waals surface area contributed by atoms with Crippen LogP contribution in [0.5, 0.6) is 0 Å². The van der Waals surface area contributed by atoms with Gasteiger partial charge in [0.05, 0.1) is 11.3 Å². The minimum absolute atomic E-state index is 0.169. The van der Waals surface area contributed by atoms with Crippen molar-refractivity contribution in [3.8, 4) is 6.07 Å². The molecule has 27 heavy (non-hydrogen) atoms. The zero-order chi connectivity index (χ0) is 19.1. The maximum absolute atomic E-state index is 12.7. The van der Waals surface area contributed by atoms with Crippen molar-refractivity contribution in [1.82, 2.24) is 15.1 Å². The van der Waals surface area contributed by atoms with E-state index in [9.17, 15) is 4.79 Å². The van der Waals surface area contributed by atoms with E-state index in [2.05, 4.69) is 21.6 Å². The average molecular weight is 357 g/mol. The third-order valence-corrected chi connectivity index (χ3v) is 4.08. The highest BCUT2D eigenvalue weighted by Gasteiger charge is 2.16. The molecule has 3 rings (SSSR count). The van der Waals surface area contributed by atoms with Crippen molar-refractivity contribution in [3.63, 3.8) is 0 Å². The van der Waals surface area contributed by atoms with Gasteiger partial charge in [-0.3, -0.25) is 4.79 Å². The maximum Gasteiger partial charge on any atom is 0.274 e. The van der Waals surface area contributed by atoms with Crippen molar-refractivity contribution in [2.75, 3.05) is 11.9 Å². The summed E-state index contributed by atoms with van der Waals surface area (Å²) in [4.78, 5) is 14.4. The van der Waals surface area contributed by atoms with Crippen LogP contribution in [0.2, 0.25) is 0 Å². The van der Waals surface area contributed by atoms with Crippen LogP contribution in [0.1, 0.15) is 28.5 Å². The molecule has 1 aromatic heterocycles. The van der Waals surface area contributed by atoms with E-state index >= 15 is 0 Å². The summed E-state index contributed by atoms with van der Waals surface area (Å²) in [5.41, 5.74) is 2.51. The Bertz CT molecular complexity index is 948. The van der Waals surface area contributed by atoms with Gasteiger partial charge in [-0.15, -0.1) is 10.2 Å². The van der Waals surface area contributed by atoms with Gasteiger partial charge in [0.25, 0.3) is 5.91 Å². The molecular weight excluding hydrogens is 338 g/mol. The van der Waals surface area contributed by atoms with E-state index in [-0.39, 0.29) is 11.6 Å². The number of amides is 1. The van der Waals surface area contributed by atoms with E-state index in [1.54, 1.807) is 35.2 Å². The van der Waals surface area contributed by atoms with E-state index in [4.69, 9.17) is 5.26 Å². The first-order chi connectivity index (χ1) is 13.2. The molecule has 3 aromatic rings. The van der Waals surface area contributed by atoms with Crippen molar-refractivity contribution in [1.29, 1.82) is 5.26 Å². The first-order valence-corrected chi connectivity index (χ1v) is 8.64. The highest BCUT2D eigenvalue weighted by molar-refractivity contribution is 5.92. The van der Waals surface area contributed by atoms with Crippen molar-refractivity contribution in [2.45, 2.75) is 13.5 Å². The summed E-state index contributed by atoms with van der Waals surface area (Å²) in [6, 6.07) is 22.4. The van der Waals surface area contributed by atoms with Gasteiger partial charge in [-0.2, -0.15) is 5.26 Å². The molecule has 1 N–H and O–H groups in total. The van der Waals surface area contributed by atoms with E-state index in [1.807, 2.05) is 43.3 Å². The fraction of sp³-hybridized carbons (Fsp3) is 0.143. The normalized spacial score (nSPS) is 10.1. The lowest BCUT2D eigenvalue weighted by Crippen LogP contribution is -2.31. The SMILES string of the molecule is CCN(Cc1ccccc1)C(=O)c1ccc(Nc2ccccc2C#N)nn1. The second-order valence-corrected chi connectivity index (χ2v) is 5.89. The number of nitrogens with one attached hydrogen (secondary N) is 1. The molecule has 0 aliphatic heterocycles. The molecule has 0 fully saturated rings. The molecule has 6 nitrogen and oxygen atoms in total. The van der Waals surface area contributed by atoms with Crippen LogP contribution >= 0.6 is 0 Å². The Balaban J connectivity index is 1.72. The molecule has 0 atom stereocenters. The predicted octanol–water partition coefficient (Wildman–Crippen LogP) is 3.75. The first-order valence-electron chi connectivity index (χ1n) is 8.64. The van der Waals surface area contributed by atoms with Gasteiger partial charge in [-0.05, 0) is 36.8 Å². The summed E-state index contributed by atoms with van der Waals surface area (Å²) >= 11 is 0. The molecule has 0 spiro atoms. The Labute approximate surface area is 158 Å². The predicted molar refractivity (Wildman–Crippen MR) is 103 cm³/mol. The number of anilines is 2. The zero-order valence-electron chi connectivity index (χ0n) is 15.0.